The van der Waals surface area contributed by atoms with Crippen LogP contribution in [0, 0.1) is 11.8 Å². The molecule has 3 atom stereocenters. The van der Waals surface area contributed by atoms with Gasteiger partial charge in [0.1, 0.15) is 0 Å². The van der Waals surface area contributed by atoms with Crippen LogP contribution in [0.1, 0.15) is 25.7 Å². The average Bonchev–Trinajstić information content (AvgIpc) is 3.19. The number of aliphatic hydroxyl groups excluding tert-OH is 1. The molecule has 0 spiro atoms. The molecule has 25 heavy (non-hydrogen) atoms. The summed E-state index contributed by atoms with van der Waals surface area (Å²) in [6.45, 7) is 2.95. The molecule has 0 bridgehead atoms. The number of likely N-dealkylation sites (tertiary alicyclic amines) is 1. The van der Waals surface area contributed by atoms with Gasteiger partial charge in [0.15, 0.2) is 5.82 Å². The largest absolute Gasteiger partial charge is 0.441 e. The Morgan fingerprint density at radius 1 is 1.12 bits per heavy atom. The van der Waals surface area contributed by atoms with Gasteiger partial charge in [0, 0.05) is 25.2 Å². The molecule has 1 N–H and O–H groups in total. The summed E-state index contributed by atoms with van der Waals surface area (Å²) in [5.74, 6) is 1.53. The van der Waals surface area contributed by atoms with Crippen LogP contribution >= 0.6 is 0 Å². The van der Waals surface area contributed by atoms with Gasteiger partial charge in [-0.05, 0) is 24.7 Å². The number of rotatable bonds is 5. The Labute approximate surface area is 147 Å². The van der Waals surface area contributed by atoms with E-state index in [-0.39, 0.29) is 6.54 Å². The molecule has 1 aliphatic heterocycles. The SMILES string of the molecule is O=c1onc(-c2ccccc2)n1CC(O)CN1CC2CCCCC2C1. The summed E-state index contributed by atoms with van der Waals surface area (Å²) in [5.41, 5.74) is 0.813. The number of hydrogen-bond donors (Lipinski definition) is 1. The Hall–Kier alpha value is -1.92. The maximum Gasteiger partial charge on any atom is 0.441 e. The summed E-state index contributed by atoms with van der Waals surface area (Å²) >= 11 is 0. The number of fused-ring (bicyclic) bond motifs is 1. The fraction of sp³-hybridized carbons (Fsp3) is 0.579. The van der Waals surface area contributed by atoms with Crippen LogP contribution in [0.3, 0.4) is 0 Å². The number of aromatic nitrogens is 2. The minimum Gasteiger partial charge on any atom is -0.390 e. The lowest BCUT2D eigenvalue weighted by Gasteiger charge is -2.23. The van der Waals surface area contributed by atoms with Crippen LogP contribution in [0.5, 0.6) is 0 Å². The molecular formula is C19H25N3O3. The highest BCUT2D eigenvalue weighted by atomic mass is 16.5. The third-order valence-corrected chi connectivity index (χ3v) is 5.63. The zero-order valence-corrected chi connectivity index (χ0v) is 14.4. The van der Waals surface area contributed by atoms with Gasteiger partial charge < -0.3 is 10.0 Å². The van der Waals surface area contributed by atoms with Crippen molar-refractivity contribution in [2.45, 2.75) is 38.3 Å². The van der Waals surface area contributed by atoms with Crippen LogP contribution in [-0.4, -0.2) is 45.5 Å². The molecule has 4 rings (SSSR count). The Kier molecular flexibility index (Phi) is 4.72. The van der Waals surface area contributed by atoms with Crippen molar-refractivity contribution in [2.24, 2.45) is 11.8 Å². The van der Waals surface area contributed by atoms with E-state index < -0.39 is 11.9 Å². The summed E-state index contributed by atoms with van der Waals surface area (Å²) in [7, 11) is 0. The molecule has 1 aliphatic carbocycles. The smallest absolute Gasteiger partial charge is 0.390 e. The van der Waals surface area contributed by atoms with Crippen molar-refractivity contribution >= 4 is 0 Å². The first kappa shape index (κ1) is 16.5. The molecule has 6 nitrogen and oxygen atoms in total. The molecule has 2 heterocycles. The monoisotopic (exact) mass is 343 g/mol. The third kappa shape index (κ3) is 3.55. The number of hydrogen-bond acceptors (Lipinski definition) is 5. The Morgan fingerprint density at radius 2 is 1.80 bits per heavy atom. The molecule has 1 aromatic carbocycles. The van der Waals surface area contributed by atoms with Gasteiger partial charge in [-0.3, -0.25) is 9.09 Å². The molecule has 134 valence electrons. The van der Waals surface area contributed by atoms with Crippen molar-refractivity contribution in [1.82, 2.24) is 14.6 Å². The van der Waals surface area contributed by atoms with E-state index in [1.54, 1.807) is 0 Å². The summed E-state index contributed by atoms with van der Waals surface area (Å²) in [6.07, 6.45) is 4.71. The van der Waals surface area contributed by atoms with E-state index in [4.69, 9.17) is 4.52 Å². The van der Waals surface area contributed by atoms with Crippen molar-refractivity contribution in [3.8, 4) is 11.4 Å². The molecular weight excluding hydrogens is 318 g/mol. The van der Waals surface area contributed by atoms with Crippen molar-refractivity contribution in [2.75, 3.05) is 19.6 Å². The highest BCUT2D eigenvalue weighted by Gasteiger charge is 2.34. The molecule has 6 heteroatoms. The van der Waals surface area contributed by atoms with Gasteiger partial charge in [0.2, 0.25) is 0 Å². The lowest BCUT2D eigenvalue weighted by atomic mass is 9.82. The van der Waals surface area contributed by atoms with Crippen LogP contribution in [0.2, 0.25) is 0 Å². The Morgan fingerprint density at radius 3 is 2.48 bits per heavy atom. The summed E-state index contributed by atoms with van der Waals surface area (Å²) in [6, 6.07) is 9.45. The molecule has 1 aromatic heterocycles. The van der Waals surface area contributed by atoms with Gasteiger partial charge in [0.25, 0.3) is 0 Å². The van der Waals surface area contributed by atoms with Crippen molar-refractivity contribution in [1.29, 1.82) is 0 Å². The predicted molar refractivity (Wildman–Crippen MR) is 94.1 cm³/mol. The van der Waals surface area contributed by atoms with Gasteiger partial charge in [-0.2, -0.15) is 0 Å². The van der Waals surface area contributed by atoms with Crippen LogP contribution in [0.25, 0.3) is 11.4 Å². The van der Waals surface area contributed by atoms with Gasteiger partial charge in [-0.1, -0.05) is 48.3 Å². The van der Waals surface area contributed by atoms with Gasteiger partial charge in [-0.25, -0.2) is 4.79 Å². The van der Waals surface area contributed by atoms with E-state index in [0.29, 0.717) is 12.4 Å². The lowest BCUT2D eigenvalue weighted by molar-refractivity contribution is 0.105. The highest BCUT2D eigenvalue weighted by molar-refractivity contribution is 5.54. The molecule has 1 saturated carbocycles. The minimum absolute atomic E-state index is 0.207. The Balaban J connectivity index is 1.42. The summed E-state index contributed by atoms with van der Waals surface area (Å²) < 4.78 is 6.26. The zero-order chi connectivity index (χ0) is 17.2. The molecule has 2 aliphatic rings. The average molecular weight is 343 g/mol. The maximum absolute atomic E-state index is 12.0. The number of nitrogens with zero attached hydrogens (tertiary/aromatic N) is 3. The van der Waals surface area contributed by atoms with E-state index in [9.17, 15) is 9.90 Å². The third-order valence-electron chi connectivity index (χ3n) is 5.63. The molecule has 0 amide bonds. The minimum atomic E-state index is -0.611. The first-order valence-corrected chi connectivity index (χ1v) is 9.23. The second kappa shape index (κ2) is 7.14. The number of aliphatic hydroxyl groups is 1. The quantitative estimate of drug-likeness (QED) is 0.899. The van der Waals surface area contributed by atoms with E-state index in [2.05, 4.69) is 10.1 Å². The second-order valence-corrected chi connectivity index (χ2v) is 7.43. The van der Waals surface area contributed by atoms with E-state index >= 15 is 0 Å². The van der Waals surface area contributed by atoms with Crippen molar-refractivity contribution in [3.05, 3.63) is 40.9 Å². The first-order chi connectivity index (χ1) is 12.2. The fourth-order valence-electron chi connectivity index (χ4n) is 4.44. The fourth-order valence-corrected chi connectivity index (χ4v) is 4.44. The van der Waals surface area contributed by atoms with Crippen LogP contribution < -0.4 is 5.76 Å². The number of benzene rings is 1. The van der Waals surface area contributed by atoms with Gasteiger partial charge in [-0.15, -0.1) is 0 Å². The van der Waals surface area contributed by atoms with Gasteiger partial charge in [0.05, 0.1) is 12.6 Å². The van der Waals surface area contributed by atoms with E-state index in [1.807, 2.05) is 30.3 Å². The predicted octanol–water partition coefficient (Wildman–Crippen LogP) is 1.99. The highest BCUT2D eigenvalue weighted by Crippen LogP contribution is 2.35. The number of β-amino-alcohol motifs (C(OH)–C–C–N with tert-alkyl or cyclic N) is 1. The second-order valence-electron chi connectivity index (χ2n) is 7.43. The van der Waals surface area contributed by atoms with Crippen LogP contribution in [0.4, 0.5) is 0 Å². The molecule has 2 aromatic rings. The van der Waals surface area contributed by atoms with Gasteiger partial charge >= 0.3 is 5.76 Å². The standard InChI is InChI=1S/C19H25N3O3/c23-17(12-21-10-15-8-4-5-9-16(15)11-21)13-22-18(20-25-19(22)24)14-6-2-1-3-7-14/h1-3,6-7,15-17,23H,4-5,8-13H2. The van der Waals surface area contributed by atoms with E-state index in [0.717, 1.165) is 30.5 Å². The van der Waals surface area contributed by atoms with Crippen LogP contribution in [-0.2, 0) is 6.54 Å². The summed E-state index contributed by atoms with van der Waals surface area (Å²) in [5, 5.41) is 14.4. The van der Waals surface area contributed by atoms with Crippen LogP contribution in [0.15, 0.2) is 39.6 Å². The topological polar surface area (TPSA) is 71.5 Å². The van der Waals surface area contributed by atoms with Crippen molar-refractivity contribution in [3.63, 3.8) is 0 Å². The molecule has 2 fully saturated rings. The lowest BCUT2D eigenvalue weighted by Crippen LogP contribution is -2.35. The normalized spacial score (nSPS) is 25.0. The zero-order valence-electron chi connectivity index (χ0n) is 14.4. The maximum atomic E-state index is 12.0. The summed E-state index contributed by atoms with van der Waals surface area (Å²) in [4.78, 5) is 14.4. The van der Waals surface area contributed by atoms with Crippen molar-refractivity contribution < 1.29 is 9.63 Å². The first-order valence-electron chi connectivity index (χ1n) is 9.23. The molecule has 3 unspecified atom stereocenters. The Bertz CT molecular complexity index is 741. The van der Waals surface area contributed by atoms with E-state index in [1.165, 1.54) is 30.3 Å². The molecule has 0 radical (unpaired) electrons. The molecule has 1 saturated heterocycles.